The third kappa shape index (κ3) is 7.18. The second-order valence-electron chi connectivity index (χ2n) is 14.4. The molecule has 4 amide bonds. The molecule has 0 spiro atoms. The van der Waals surface area contributed by atoms with E-state index in [1.807, 2.05) is 182 Å². The quantitative estimate of drug-likeness (QED) is 0.0611. The molecule has 2 aliphatic heterocycles. The lowest BCUT2D eigenvalue weighted by atomic mass is 9.64. The molecule has 0 aliphatic carbocycles. The first-order valence-electron chi connectivity index (χ1n) is 19.2. The average molecular weight is 803 g/mol. The molecule has 6 aromatic carbocycles. The van der Waals surface area contributed by atoms with Gasteiger partial charge in [0, 0.05) is 11.5 Å². The van der Waals surface area contributed by atoms with Crippen LogP contribution in [-0.4, -0.2) is 59.3 Å². The summed E-state index contributed by atoms with van der Waals surface area (Å²) < 4.78 is 0. The van der Waals surface area contributed by atoms with Crippen LogP contribution in [0.5, 0.6) is 0 Å². The lowest BCUT2D eigenvalue weighted by Gasteiger charge is -2.45. The predicted molar refractivity (Wildman–Crippen MR) is 231 cm³/mol. The van der Waals surface area contributed by atoms with Crippen LogP contribution in [-0.2, 0) is 30.0 Å². The van der Waals surface area contributed by atoms with Crippen molar-refractivity contribution >= 4 is 45.2 Å². The first-order valence-corrected chi connectivity index (χ1v) is 21.7. The van der Waals surface area contributed by atoms with E-state index in [1.54, 1.807) is 0 Å². The van der Waals surface area contributed by atoms with Gasteiger partial charge in [0.2, 0.25) is 23.6 Å². The summed E-state index contributed by atoms with van der Waals surface area (Å²) >= 11 is 0. The lowest BCUT2D eigenvalue weighted by Crippen LogP contribution is -2.69. The van der Waals surface area contributed by atoms with Crippen LogP contribution < -0.4 is 21.3 Å². The molecular weight excluding hydrogens is 761 g/mol. The standard InChI is InChI=1S/C48H42N4O4S2/c53-43-39(49-45(55)41(51-43)47(33-19-7-1-8-20-33,34-21-9-2-10-22-34)35-23-11-3-12-24-35)31-57-58-32-40-44(54)52-42(46(56)50-40)48(36-25-13-4-14-26-36,37-27-15-5-16-28-37)38-29-17-6-18-30-38/h1-30,39-42H,31-32H2,(H,49,55)(H,50,56)(H,51,53)(H,52,54)/t39-,40-,41?,42?/m0/s1. The predicted octanol–water partition coefficient (Wildman–Crippen LogP) is 6.40. The molecule has 10 heteroatoms. The van der Waals surface area contributed by atoms with Crippen molar-refractivity contribution in [1.29, 1.82) is 0 Å². The maximum atomic E-state index is 14.3. The van der Waals surface area contributed by atoms with Gasteiger partial charge in [-0.1, -0.05) is 204 Å². The molecule has 0 bridgehead atoms. The molecule has 2 heterocycles. The van der Waals surface area contributed by atoms with Crippen LogP contribution >= 0.6 is 21.6 Å². The fourth-order valence-electron chi connectivity index (χ4n) is 8.54. The van der Waals surface area contributed by atoms with Gasteiger partial charge in [-0.25, -0.2) is 0 Å². The van der Waals surface area contributed by atoms with E-state index in [0.29, 0.717) is 0 Å². The van der Waals surface area contributed by atoms with E-state index in [2.05, 4.69) is 21.3 Å². The van der Waals surface area contributed by atoms with Crippen LogP contribution in [0.25, 0.3) is 0 Å². The van der Waals surface area contributed by atoms with Crippen LogP contribution in [0.2, 0.25) is 0 Å². The van der Waals surface area contributed by atoms with Gasteiger partial charge in [0.05, 0.1) is 10.8 Å². The number of hydrogen-bond donors (Lipinski definition) is 4. The monoisotopic (exact) mass is 802 g/mol. The van der Waals surface area contributed by atoms with Crippen molar-refractivity contribution in [3.63, 3.8) is 0 Å². The Morgan fingerprint density at radius 2 is 0.552 bits per heavy atom. The summed E-state index contributed by atoms with van der Waals surface area (Å²) in [5.41, 5.74) is 3.22. The first-order chi connectivity index (χ1) is 28.4. The summed E-state index contributed by atoms with van der Waals surface area (Å²) in [5, 5.41) is 12.3. The molecule has 2 fully saturated rings. The number of nitrogens with one attached hydrogen (secondary N) is 4. The molecule has 58 heavy (non-hydrogen) atoms. The minimum Gasteiger partial charge on any atom is -0.342 e. The molecular formula is C48H42N4O4S2. The molecule has 6 aromatic rings. The topological polar surface area (TPSA) is 116 Å². The third-order valence-corrected chi connectivity index (χ3v) is 13.6. The van der Waals surface area contributed by atoms with Crippen LogP contribution in [0.15, 0.2) is 182 Å². The molecule has 4 N–H and O–H groups in total. The van der Waals surface area contributed by atoms with Gasteiger partial charge < -0.3 is 21.3 Å². The Kier molecular flexibility index (Phi) is 11.5. The number of benzene rings is 6. The number of piperazine rings is 2. The lowest BCUT2D eigenvalue weighted by molar-refractivity contribution is -0.137. The minimum absolute atomic E-state index is 0.258. The Morgan fingerprint density at radius 3 is 0.776 bits per heavy atom. The molecule has 0 saturated carbocycles. The molecule has 0 aromatic heterocycles. The number of carbonyl (C=O) groups is 4. The van der Waals surface area contributed by atoms with E-state index >= 15 is 0 Å². The second-order valence-corrected chi connectivity index (χ2v) is 16.9. The van der Waals surface area contributed by atoms with Gasteiger partial charge in [0.25, 0.3) is 0 Å². The van der Waals surface area contributed by atoms with Gasteiger partial charge >= 0.3 is 0 Å². The maximum Gasteiger partial charge on any atom is 0.244 e. The highest BCUT2D eigenvalue weighted by atomic mass is 33.1. The highest BCUT2D eigenvalue weighted by molar-refractivity contribution is 8.76. The van der Waals surface area contributed by atoms with Crippen molar-refractivity contribution in [3.8, 4) is 0 Å². The molecule has 290 valence electrons. The van der Waals surface area contributed by atoms with Gasteiger partial charge in [-0.05, 0) is 33.4 Å². The zero-order valence-corrected chi connectivity index (χ0v) is 33.1. The van der Waals surface area contributed by atoms with E-state index in [-0.39, 0.29) is 35.1 Å². The summed E-state index contributed by atoms with van der Waals surface area (Å²) in [5.74, 6) is -0.668. The Balaban J connectivity index is 0.969. The Hall–Kier alpha value is -6.10. The summed E-state index contributed by atoms with van der Waals surface area (Å²) in [6.07, 6.45) is 0. The molecule has 2 unspecified atom stereocenters. The zero-order valence-electron chi connectivity index (χ0n) is 31.5. The Morgan fingerprint density at radius 1 is 0.328 bits per heavy atom. The summed E-state index contributed by atoms with van der Waals surface area (Å²) in [6.45, 7) is 0. The van der Waals surface area contributed by atoms with Gasteiger partial charge in [0.15, 0.2) is 0 Å². The van der Waals surface area contributed by atoms with Gasteiger partial charge in [-0.2, -0.15) is 0 Å². The normalized spacial score (nSPS) is 19.7. The van der Waals surface area contributed by atoms with Gasteiger partial charge in [0.1, 0.15) is 24.2 Å². The Bertz CT molecular complexity index is 1990. The maximum absolute atomic E-state index is 14.3. The van der Waals surface area contributed by atoms with E-state index in [4.69, 9.17) is 0 Å². The van der Waals surface area contributed by atoms with Crippen molar-refractivity contribution < 1.29 is 19.2 Å². The van der Waals surface area contributed by atoms with E-state index in [0.717, 1.165) is 33.4 Å². The summed E-state index contributed by atoms with van der Waals surface area (Å²) in [7, 11) is 2.73. The highest BCUT2D eigenvalue weighted by Gasteiger charge is 2.53. The van der Waals surface area contributed by atoms with Crippen molar-refractivity contribution in [2.24, 2.45) is 0 Å². The SMILES string of the molecule is O=C1N[C@@H](CSSC[C@@H]2NC(=O)C(C(c3ccccc3)(c3ccccc3)c3ccccc3)NC2=O)C(=O)NC1C(c1ccccc1)(c1ccccc1)c1ccccc1. The first kappa shape index (κ1) is 38.8. The van der Waals surface area contributed by atoms with Crippen molar-refractivity contribution in [2.75, 3.05) is 11.5 Å². The van der Waals surface area contributed by atoms with Gasteiger partial charge in [-0.15, -0.1) is 0 Å². The molecule has 4 atom stereocenters. The third-order valence-electron chi connectivity index (χ3n) is 11.2. The smallest absolute Gasteiger partial charge is 0.244 e. The second kappa shape index (κ2) is 17.2. The number of hydrogen-bond acceptors (Lipinski definition) is 6. The largest absolute Gasteiger partial charge is 0.342 e. The number of amides is 4. The van der Waals surface area contributed by atoms with Crippen molar-refractivity contribution in [3.05, 3.63) is 215 Å². The van der Waals surface area contributed by atoms with Crippen LogP contribution in [0.4, 0.5) is 0 Å². The van der Waals surface area contributed by atoms with Crippen molar-refractivity contribution in [2.45, 2.75) is 35.0 Å². The summed E-state index contributed by atoms with van der Waals surface area (Å²) in [6, 6.07) is 55.3. The molecule has 2 aliphatic rings. The molecule has 8 nitrogen and oxygen atoms in total. The van der Waals surface area contributed by atoms with Crippen LogP contribution in [0.1, 0.15) is 33.4 Å². The number of carbonyl (C=O) groups excluding carboxylic acids is 4. The fourth-order valence-corrected chi connectivity index (χ4v) is 10.9. The molecule has 0 radical (unpaired) electrons. The van der Waals surface area contributed by atoms with Crippen molar-refractivity contribution in [1.82, 2.24) is 21.3 Å². The Labute approximate surface area is 346 Å². The zero-order chi connectivity index (χ0) is 40.0. The van der Waals surface area contributed by atoms with E-state index in [9.17, 15) is 19.2 Å². The minimum atomic E-state index is -1.01. The van der Waals surface area contributed by atoms with Crippen LogP contribution in [0.3, 0.4) is 0 Å². The fraction of sp³-hybridized carbons (Fsp3) is 0.167. The molecule has 8 rings (SSSR count). The number of rotatable bonds is 13. The summed E-state index contributed by atoms with van der Waals surface area (Å²) in [4.78, 5) is 56.3. The molecule has 2 saturated heterocycles. The highest BCUT2D eigenvalue weighted by Crippen LogP contribution is 2.45. The van der Waals surface area contributed by atoms with E-state index < -0.39 is 35.0 Å². The average Bonchev–Trinajstić information content (AvgIpc) is 3.28. The van der Waals surface area contributed by atoms with Crippen LogP contribution in [0, 0.1) is 0 Å². The van der Waals surface area contributed by atoms with E-state index in [1.165, 1.54) is 21.6 Å². The van der Waals surface area contributed by atoms with Gasteiger partial charge in [-0.3, -0.25) is 19.2 Å².